The minimum atomic E-state index is -4.92. The van der Waals surface area contributed by atoms with Gasteiger partial charge in [0.25, 0.3) is 0 Å². The van der Waals surface area contributed by atoms with Gasteiger partial charge in [0.2, 0.25) is 20.0 Å². The lowest BCUT2D eigenvalue weighted by molar-refractivity contribution is -0.275. The number of ether oxygens (including phenoxy) is 2. The van der Waals surface area contributed by atoms with E-state index >= 15 is 0 Å². The van der Waals surface area contributed by atoms with Gasteiger partial charge >= 0.3 is 12.7 Å². The Morgan fingerprint density at radius 2 is 1.05 bits per heavy atom. The van der Waals surface area contributed by atoms with E-state index in [9.17, 15) is 48.3 Å². The number of halogens is 10. The van der Waals surface area contributed by atoms with E-state index < -0.39 is 50.2 Å². The van der Waals surface area contributed by atoms with Crippen molar-refractivity contribution >= 4 is 88.5 Å². The predicted molar refractivity (Wildman–Crippen MR) is 268 cm³/mol. The van der Waals surface area contributed by atoms with Crippen LogP contribution in [0, 0.1) is 0 Å². The molecule has 1 unspecified atom stereocenters. The molecule has 0 saturated heterocycles. The highest BCUT2D eigenvalue weighted by Gasteiger charge is 2.35. The minimum Gasteiger partial charge on any atom is -0.405 e. The van der Waals surface area contributed by atoms with Crippen molar-refractivity contribution in [2.45, 2.75) is 72.6 Å². The Labute approximate surface area is 438 Å². The highest BCUT2D eigenvalue weighted by atomic mass is 35.5. The Hall–Kier alpha value is -5.62. The topological polar surface area (TPSA) is 188 Å². The summed E-state index contributed by atoms with van der Waals surface area (Å²) in [6.45, 7) is -0.368. The number of hydrogen-bond acceptors (Lipinski definition) is 9. The Balaban J connectivity index is 0.000000182. The molecule has 74 heavy (non-hydrogen) atoms. The molecule has 6 aromatic carbocycles. The third-order valence-electron chi connectivity index (χ3n) is 11.7. The molecule has 1 atom stereocenters. The van der Waals surface area contributed by atoms with Gasteiger partial charge in [-0.05, 0) is 85.3 Å². The van der Waals surface area contributed by atoms with Gasteiger partial charge in [0, 0.05) is 40.8 Å². The maximum Gasteiger partial charge on any atom is 0.573 e. The molecule has 2 fully saturated rings. The third-order valence-corrected chi connectivity index (χ3v) is 16.1. The number of fused-ring (bicyclic) bond motifs is 2. The molecule has 388 valence electrons. The van der Waals surface area contributed by atoms with Crippen LogP contribution >= 0.6 is 46.4 Å². The zero-order chi connectivity index (χ0) is 52.9. The average Bonchev–Trinajstić information content (AvgIpc) is 4.24. The Bertz CT molecular complexity index is 3630. The van der Waals surface area contributed by atoms with Crippen molar-refractivity contribution < 1.29 is 57.8 Å². The van der Waals surface area contributed by atoms with Gasteiger partial charge in [-0.25, -0.2) is 36.2 Å². The highest BCUT2D eigenvalue weighted by molar-refractivity contribution is 7.89. The minimum absolute atomic E-state index is 0.00231. The molecule has 25 heteroatoms. The van der Waals surface area contributed by atoms with Crippen molar-refractivity contribution in [2.24, 2.45) is 0 Å². The number of nitrogens with zero attached hydrogens (tertiary/aromatic N) is 2. The molecule has 10 rings (SSSR count). The molecule has 0 spiro atoms. The molecule has 0 aliphatic heterocycles. The number of imidazole rings is 2. The number of hydrogen-bond donors (Lipinski definition) is 5. The number of aromatic nitrogens is 4. The van der Waals surface area contributed by atoms with Gasteiger partial charge in [0.05, 0.1) is 53.4 Å². The molecule has 0 radical (unpaired) electrons. The molecule has 2 aromatic heterocycles. The summed E-state index contributed by atoms with van der Waals surface area (Å²) < 4.78 is 141. The third kappa shape index (κ3) is 12.2. The fraction of sp³-hybridized carbons (Fsp3) is 0.224. The van der Waals surface area contributed by atoms with E-state index in [1.54, 1.807) is 30.3 Å². The number of benzene rings is 6. The molecule has 0 amide bonds. The molecule has 2 aliphatic carbocycles. The van der Waals surface area contributed by atoms with E-state index in [2.05, 4.69) is 38.9 Å². The SMILES string of the molecule is O=S(=O)(NC1CC1)c1ccc(C(CO)c2nc3c(Cl)c(-c4ccccc4OC(F)(F)F)c(Cl)cc3[nH]2)cc1.O=S(=O)(NC1CC1)c1ccc(Cc2nc3c(Cl)c(-c4ccccc4OC(F)(F)F)c(Cl)cc3[nH]2)cc1. The van der Waals surface area contributed by atoms with Crippen LogP contribution in [0.25, 0.3) is 44.3 Å². The lowest BCUT2D eigenvalue weighted by atomic mass is 9.99. The fourth-order valence-corrected chi connectivity index (χ4v) is 11.9. The number of nitrogens with one attached hydrogen (secondary N) is 4. The number of rotatable bonds is 15. The number of aromatic amines is 2. The smallest absolute Gasteiger partial charge is 0.405 e. The Kier molecular flexibility index (Phi) is 15.0. The molecule has 2 heterocycles. The van der Waals surface area contributed by atoms with Gasteiger partial charge in [-0.3, -0.25) is 0 Å². The molecule has 13 nitrogen and oxygen atoms in total. The van der Waals surface area contributed by atoms with Crippen molar-refractivity contribution in [1.29, 1.82) is 0 Å². The molecule has 0 bridgehead atoms. The van der Waals surface area contributed by atoms with Crippen LogP contribution in [0.3, 0.4) is 0 Å². The van der Waals surface area contributed by atoms with Crippen molar-refractivity contribution in [2.75, 3.05) is 6.61 Å². The van der Waals surface area contributed by atoms with Crippen LogP contribution in [-0.4, -0.2) is 73.3 Å². The number of alkyl halides is 6. The second-order valence-electron chi connectivity index (χ2n) is 17.2. The van der Waals surface area contributed by atoms with E-state index in [-0.39, 0.29) is 76.3 Å². The number of aliphatic hydroxyl groups is 1. The van der Waals surface area contributed by atoms with Crippen LogP contribution < -0.4 is 18.9 Å². The molecule has 2 saturated carbocycles. The summed E-state index contributed by atoms with van der Waals surface area (Å²) in [6, 6.07) is 26.6. The summed E-state index contributed by atoms with van der Waals surface area (Å²) in [4.78, 5) is 15.5. The van der Waals surface area contributed by atoms with E-state index in [4.69, 9.17) is 46.4 Å². The van der Waals surface area contributed by atoms with E-state index in [1.165, 1.54) is 72.8 Å². The summed E-state index contributed by atoms with van der Waals surface area (Å²) in [5, 5.41) is 10.4. The van der Waals surface area contributed by atoms with Crippen molar-refractivity contribution in [3.8, 4) is 33.8 Å². The molecular weight excluding hydrogens is 1100 g/mol. The standard InChI is InChI=1S/C25H20Cl2F3N3O4S.C24H18Cl2F3N3O3S/c26-18-11-19-23(22(27)21(18)16-3-1-2-4-20(16)37-25(28,29)30)32-24(31-19)17(12-34)13-5-9-15(10-6-13)38(35,36)33-14-7-8-14;25-17-12-18-23(22(26)21(17)16-3-1-2-4-19(16)35-24(27,28)29)31-20(30-18)11-13-5-9-15(10-6-13)36(33,34)32-14-7-8-14/h1-6,9-11,14,17,33-34H,7-8,12H2,(H,31,32);1-6,9-10,12,14,32H,7-8,11H2,(H,30,31). The zero-order valence-electron chi connectivity index (χ0n) is 37.8. The molecule has 2 aliphatic rings. The van der Waals surface area contributed by atoms with Gasteiger partial charge < -0.3 is 24.5 Å². The summed E-state index contributed by atoms with van der Waals surface area (Å²) in [6.07, 6.45) is -6.16. The second kappa shape index (κ2) is 20.8. The first kappa shape index (κ1) is 53.2. The lowest BCUT2D eigenvalue weighted by Gasteiger charge is -2.15. The van der Waals surface area contributed by atoms with Crippen LogP contribution in [-0.2, 0) is 26.5 Å². The van der Waals surface area contributed by atoms with Gasteiger partial charge in [-0.15, -0.1) is 26.3 Å². The highest BCUT2D eigenvalue weighted by Crippen LogP contribution is 2.46. The Morgan fingerprint density at radius 3 is 1.50 bits per heavy atom. The Morgan fingerprint density at radius 1 is 0.622 bits per heavy atom. The van der Waals surface area contributed by atoms with E-state index in [1.807, 2.05) is 0 Å². The number of para-hydroxylation sites is 2. The number of sulfonamides is 2. The zero-order valence-corrected chi connectivity index (χ0v) is 42.4. The van der Waals surface area contributed by atoms with Crippen LogP contribution in [0.5, 0.6) is 11.5 Å². The molecule has 8 aromatic rings. The van der Waals surface area contributed by atoms with Crippen LogP contribution in [0.1, 0.15) is 54.4 Å². The molecular formula is C49H38Cl4F6N6O7S2. The predicted octanol–water partition coefficient (Wildman–Crippen LogP) is 12.5. The van der Waals surface area contributed by atoms with E-state index in [0.29, 0.717) is 40.2 Å². The van der Waals surface area contributed by atoms with Crippen LogP contribution in [0.4, 0.5) is 26.3 Å². The maximum atomic E-state index is 13.0. The monoisotopic (exact) mass is 1140 g/mol. The summed E-state index contributed by atoms with van der Waals surface area (Å²) in [5.41, 5.74) is 3.24. The van der Waals surface area contributed by atoms with Crippen molar-refractivity contribution in [1.82, 2.24) is 29.4 Å². The number of aliphatic hydroxyl groups excluding tert-OH is 1. The first-order valence-electron chi connectivity index (χ1n) is 22.3. The molecule has 5 N–H and O–H groups in total. The van der Waals surface area contributed by atoms with Crippen molar-refractivity contribution in [3.05, 3.63) is 152 Å². The summed E-state index contributed by atoms with van der Waals surface area (Å²) >= 11 is 26.1. The maximum absolute atomic E-state index is 13.0. The summed E-state index contributed by atoms with van der Waals surface area (Å²) in [5.74, 6) is -0.751. The van der Waals surface area contributed by atoms with Gasteiger partial charge in [-0.2, -0.15) is 0 Å². The van der Waals surface area contributed by atoms with Crippen LogP contribution in [0.2, 0.25) is 20.1 Å². The fourth-order valence-electron chi connectivity index (χ4n) is 7.93. The normalized spacial score (nSPS) is 14.7. The quantitative estimate of drug-likeness (QED) is 0.0622. The van der Waals surface area contributed by atoms with Gasteiger partial charge in [-0.1, -0.05) is 107 Å². The van der Waals surface area contributed by atoms with E-state index in [0.717, 1.165) is 37.3 Å². The largest absolute Gasteiger partial charge is 0.573 e. The average molecular weight is 1140 g/mol. The first-order chi connectivity index (χ1) is 35.0. The lowest BCUT2D eigenvalue weighted by Crippen LogP contribution is -2.25. The first-order valence-corrected chi connectivity index (χ1v) is 26.7. The van der Waals surface area contributed by atoms with Crippen molar-refractivity contribution in [3.63, 3.8) is 0 Å². The summed E-state index contributed by atoms with van der Waals surface area (Å²) in [7, 11) is -7.19. The van der Waals surface area contributed by atoms with Gasteiger partial charge in [0.1, 0.15) is 34.2 Å². The second-order valence-corrected chi connectivity index (χ2v) is 22.2. The van der Waals surface area contributed by atoms with Gasteiger partial charge in [0.15, 0.2) is 0 Å². The number of H-pyrrole nitrogens is 2. The van der Waals surface area contributed by atoms with Crippen LogP contribution in [0.15, 0.2) is 119 Å².